The van der Waals surface area contributed by atoms with Crippen molar-refractivity contribution in [2.75, 3.05) is 14.1 Å². The number of fused-ring (bicyclic) bond motifs is 1. The van der Waals surface area contributed by atoms with Crippen LogP contribution in [0.5, 0.6) is 0 Å². The summed E-state index contributed by atoms with van der Waals surface area (Å²) in [5, 5.41) is 5.06. The number of rotatable bonds is 3. The fourth-order valence-corrected chi connectivity index (χ4v) is 1.97. The van der Waals surface area contributed by atoms with E-state index in [9.17, 15) is 0 Å². The molecule has 0 saturated heterocycles. The smallest absolute Gasteiger partial charge is 0.272 e. The number of nitrogens with zero attached hydrogens (tertiary/aromatic N) is 6. The molecule has 106 valence electrons. The molecule has 21 heavy (non-hydrogen) atoms. The Hall–Kier alpha value is -2.47. The van der Waals surface area contributed by atoms with Gasteiger partial charge in [-0.05, 0) is 18.2 Å². The average molecular weight is 301 g/mol. The molecule has 0 bridgehead atoms. The Labute approximate surface area is 126 Å². The minimum atomic E-state index is 0.373. The van der Waals surface area contributed by atoms with E-state index in [4.69, 9.17) is 11.6 Å². The Morgan fingerprint density at radius 2 is 1.95 bits per heavy atom. The maximum atomic E-state index is 5.92. The van der Waals surface area contributed by atoms with Gasteiger partial charge in [0.15, 0.2) is 0 Å². The van der Waals surface area contributed by atoms with Crippen molar-refractivity contribution in [2.24, 2.45) is 4.99 Å². The van der Waals surface area contributed by atoms with Gasteiger partial charge >= 0.3 is 0 Å². The van der Waals surface area contributed by atoms with Crippen LogP contribution in [0.3, 0.4) is 0 Å². The molecule has 0 saturated carbocycles. The van der Waals surface area contributed by atoms with E-state index in [0.717, 1.165) is 11.3 Å². The van der Waals surface area contributed by atoms with Crippen LogP contribution >= 0.6 is 11.6 Å². The zero-order chi connectivity index (χ0) is 14.8. The van der Waals surface area contributed by atoms with Crippen LogP contribution in [0, 0.1) is 0 Å². The lowest BCUT2D eigenvalue weighted by molar-refractivity contribution is 0.642. The van der Waals surface area contributed by atoms with Gasteiger partial charge < -0.3 is 4.90 Å². The van der Waals surface area contributed by atoms with Gasteiger partial charge in [-0.15, -0.1) is 5.10 Å². The third kappa shape index (κ3) is 2.85. The summed E-state index contributed by atoms with van der Waals surface area (Å²) in [6, 6.07) is 9.42. The highest BCUT2D eigenvalue weighted by Crippen LogP contribution is 2.22. The fourth-order valence-electron chi connectivity index (χ4n) is 1.84. The molecule has 0 radical (unpaired) electrons. The van der Waals surface area contributed by atoms with Crippen molar-refractivity contribution in [3.63, 3.8) is 0 Å². The summed E-state index contributed by atoms with van der Waals surface area (Å²) in [5.41, 5.74) is 1.87. The van der Waals surface area contributed by atoms with Gasteiger partial charge in [-0.3, -0.25) is 0 Å². The van der Waals surface area contributed by atoms with Gasteiger partial charge in [-0.25, -0.2) is 9.98 Å². The Bertz CT molecular complexity index is 791. The van der Waals surface area contributed by atoms with Crippen LogP contribution in [0.15, 0.2) is 41.5 Å². The summed E-state index contributed by atoms with van der Waals surface area (Å²) in [5.74, 6) is 0.881. The molecule has 0 atom stereocenters. The molecule has 2 heterocycles. The van der Waals surface area contributed by atoms with Crippen molar-refractivity contribution in [2.45, 2.75) is 0 Å². The minimum absolute atomic E-state index is 0.373. The first-order chi connectivity index (χ1) is 10.1. The summed E-state index contributed by atoms with van der Waals surface area (Å²) < 4.78 is 1.67. The van der Waals surface area contributed by atoms with E-state index in [1.165, 1.54) is 0 Å². The maximum absolute atomic E-state index is 5.92. The van der Waals surface area contributed by atoms with Gasteiger partial charge in [0, 0.05) is 30.9 Å². The Morgan fingerprint density at radius 3 is 2.67 bits per heavy atom. The van der Waals surface area contributed by atoms with Crippen LogP contribution in [0.2, 0.25) is 5.02 Å². The molecule has 1 aromatic carbocycles. The molecule has 2 aromatic heterocycles. The number of hydrogen-bond donors (Lipinski definition) is 0. The lowest BCUT2D eigenvalue weighted by Gasteiger charge is -2.03. The minimum Gasteiger partial charge on any atom is -0.369 e. The standard InChI is InChI=1S/C14H13ClN6/c1-20(2)9-17-13-18-14-16-8-7-12(21(14)19-13)10-3-5-11(15)6-4-10/h3-9H,1-2H3/b17-9+. The van der Waals surface area contributed by atoms with E-state index in [-0.39, 0.29) is 0 Å². The molecule has 0 aliphatic carbocycles. The largest absolute Gasteiger partial charge is 0.369 e. The van der Waals surface area contributed by atoms with E-state index in [0.29, 0.717) is 16.7 Å². The van der Waals surface area contributed by atoms with Crippen molar-refractivity contribution in [3.05, 3.63) is 41.6 Å². The van der Waals surface area contributed by atoms with Crippen LogP contribution in [0.4, 0.5) is 5.95 Å². The van der Waals surface area contributed by atoms with Crippen molar-refractivity contribution in [1.82, 2.24) is 24.5 Å². The SMILES string of the molecule is CN(C)/C=N/c1nc2nccc(-c3ccc(Cl)cc3)n2n1. The van der Waals surface area contributed by atoms with Crippen LogP contribution in [-0.2, 0) is 0 Å². The van der Waals surface area contributed by atoms with Crippen LogP contribution in [-0.4, -0.2) is 44.9 Å². The summed E-state index contributed by atoms with van der Waals surface area (Å²) in [4.78, 5) is 14.5. The molecule has 0 spiro atoms. The van der Waals surface area contributed by atoms with E-state index in [1.807, 2.05) is 49.3 Å². The second-order valence-electron chi connectivity index (χ2n) is 4.67. The van der Waals surface area contributed by atoms with Crippen LogP contribution in [0.1, 0.15) is 0 Å². The summed E-state index contributed by atoms with van der Waals surface area (Å²) in [6.45, 7) is 0. The highest BCUT2D eigenvalue weighted by atomic mass is 35.5. The van der Waals surface area contributed by atoms with Crippen molar-refractivity contribution in [1.29, 1.82) is 0 Å². The van der Waals surface area contributed by atoms with E-state index in [1.54, 1.807) is 17.1 Å². The second-order valence-corrected chi connectivity index (χ2v) is 5.11. The molecule has 0 fully saturated rings. The molecular weight excluding hydrogens is 288 g/mol. The molecular formula is C14H13ClN6. The van der Waals surface area contributed by atoms with Gasteiger partial charge in [0.2, 0.25) is 0 Å². The van der Waals surface area contributed by atoms with Crippen LogP contribution < -0.4 is 0 Å². The van der Waals surface area contributed by atoms with Gasteiger partial charge in [-0.1, -0.05) is 23.7 Å². The molecule has 0 aliphatic heterocycles. The zero-order valence-corrected chi connectivity index (χ0v) is 12.4. The first-order valence-corrected chi connectivity index (χ1v) is 6.69. The van der Waals surface area contributed by atoms with Gasteiger partial charge in [0.05, 0.1) is 12.0 Å². The zero-order valence-electron chi connectivity index (χ0n) is 11.6. The third-order valence-corrected chi connectivity index (χ3v) is 3.03. The number of hydrogen-bond acceptors (Lipinski definition) is 4. The molecule has 0 aliphatic rings. The summed E-state index contributed by atoms with van der Waals surface area (Å²) in [7, 11) is 3.77. The van der Waals surface area contributed by atoms with Gasteiger partial charge in [0.1, 0.15) is 0 Å². The summed E-state index contributed by atoms with van der Waals surface area (Å²) >= 11 is 5.92. The van der Waals surface area contributed by atoms with E-state index >= 15 is 0 Å². The number of benzene rings is 1. The average Bonchev–Trinajstić information content (AvgIpc) is 2.89. The molecule has 6 nitrogen and oxygen atoms in total. The molecule has 0 N–H and O–H groups in total. The van der Waals surface area contributed by atoms with Crippen molar-refractivity contribution < 1.29 is 0 Å². The lowest BCUT2D eigenvalue weighted by atomic mass is 10.1. The molecule has 3 aromatic rings. The normalized spacial score (nSPS) is 11.4. The maximum Gasteiger partial charge on any atom is 0.272 e. The Morgan fingerprint density at radius 1 is 1.19 bits per heavy atom. The third-order valence-electron chi connectivity index (χ3n) is 2.77. The highest BCUT2D eigenvalue weighted by molar-refractivity contribution is 6.30. The second kappa shape index (κ2) is 5.49. The van der Waals surface area contributed by atoms with Crippen molar-refractivity contribution in [3.8, 4) is 11.3 Å². The first-order valence-electron chi connectivity index (χ1n) is 6.32. The number of halogens is 1. The number of aliphatic imine (C=N–C) groups is 1. The predicted octanol–water partition coefficient (Wildman–Crippen LogP) is 2.67. The molecule has 7 heteroatoms. The molecule has 0 unspecified atom stereocenters. The summed E-state index contributed by atoms with van der Waals surface area (Å²) in [6.07, 6.45) is 3.35. The van der Waals surface area contributed by atoms with Gasteiger partial charge in [0.25, 0.3) is 11.7 Å². The molecule has 3 rings (SSSR count). The highest BCUT2D eigenvalue weighted by Gasteiger charge is 2.09. The fraction of sp³-hybridized carbons (Fsp3) is 0.143. The lowest BCUT2D eigenvalue weighted by Crippen LogP contribution is -2.07. The van der Waals surface area contributed by atoms with E-state index in [2.05, 4.69) is 20.1 Å². The quantitative estimate of drug-likeness (QED) is 0.551. The predicted molar refractivity (Wildman–Crippen MR) is 83.1 cm³/mol. The molecule has 0 amide bonds. The number of aromatic nitrogens is 4. The van der Waals surface area contributed by atoms with Crippen molar-refractivity contribution >= 4 is 29.7 Å². The monoisotopic (exact) mass is 300 g/mol. The Kier molecular flexibility index (Phi) is 3.53. The topological polar surface area (TPSA) is 58.7 Å². The van der Waals surface area contributed by atoms with Gasteiger partial charge in [-0.2, -0.15) is 9.50 Å². The first kappa shape index (κ1) is 13.5. The van der Waals surface area contributed by atoms with E-state index < -0.39 is 0 Å². The Balaban J connectivity index is 2.09. The van der Waals surface area contributed by atoms with Crippen LogP contribution in [0.25, 0.3) is 17.0 Å².